The lowest BCUT2D eigenvalue weighted by molar-refractivity contribution is 0.341. The quantitative estimate of drug-likeness (QED) is 0.792. The van der Waals surface area contributed by atoms with E-state index >= 15 is 0 Å². The molecule has 2 aromatic carbocycles. The molecule has 0 atom stereocenters. The van der Waals surface area contributed by atoms with Gasteiger partial charge in [-0.1, -0.05) is 18.2 Å². The molecule has 130 valence electrons. The maximum atomic E-state index is 12.2. The Hall–Kier alpha value is -2.41. The van der Waals surface area contributed by atoms with E-state index in [1.165, 1.54) is 14.2 Å². The van der Waals surface area contributed by atoms with Crippen LogP contribution in [0.5, 0.6) is 17.2 Å². The van der Waals surface area contributed by atoms with Crippen molar-refractivity contribution in [3.8, 4) is 17.2 Å². The fourth-order valence-electron chi connectivity index (χ4n) is 2.10. The third-order valence-electron chi connectivity index (χ3n) is 3.36. The number of hydrogen-bond acceptors (Lipinski definition) is 5. The van der Waals surface area contributed by atoms with E-state index in [4.69, 9.17) is 14.2 Å². The molecule has 0 radical (unpaired) electrons. The molecule has 0 bridgehead atoms. The zero-order chi connectivity index (χ0) is 17.6. The smallest absolute Gasteiger partial charge is 0.236 e. The first-order chi connectivity index (χ1) is 11.4. The van der Waals surface area contributed by atoms with Crippen molar-refractivity contribution in [2.45, 2.75) is 6.92 Å². The van der Waals surface area contributed by atoms with E-state index in [0.717, 1.165) is 5.56 Å². The predicted octanol–water partition coefficient (Wildman–Crippen LogP) is 2.83. The summed E-state index contributed by atoms with van der Waals surface area (Å²) in [6, 6.07) is 12.4. The average molecular weight is 351 g/mol. The van der Waals surface area contributed by atoms with Gasteiger partial charge in [0.15, 0.2) is 11.5 Å². The average Bonchev–Trinajstić information content (AvgIpc) is 2.57. The molecule has 0 unspecified atom stereocenters. The first-order valence-electron chi connectivity index (χ1n) is 7.36. The number of ether oxygens (including phenoxy) is 3. The van der Waals surface area contributed by atoms with Crippen LogP contribution < -0.4 is 18.9 Å². The van der Waals surface area contributed by atoms with E-state index in [0.29, 0.717) is 22.9 Å². The number of rotatable bonds is 8. The summed E-state index contributed by atoms with van der Waals surface area (Å²) in [6.45, 7) is 1.85. The highest BCUT2D eigenvalue weighted by Gasteiger charge is 2.15. The van der Waals surface area contributed by atoms with Crippen molar-refractivity contribution in [2.24, 2.45) is 0 Å². The first kappa shape index (κ1) is 17.9. The van der Waals surface area contributed by atoms with Gasteiger partial charge in [-0.05, 0) is 30.7 Å². The lowest BCUT2D eigenvalue weighted by atomic mass is 10.2. The van der Waals surface area contributed by atoms with Crippen molar-refractivity contribution in [1.82, 2.24) is 0 Å². The highest BCUT2D eigenvalue weighted by atomic mass is 32.2. The molecule has 6 nitrogen and oxygen atoms in total. The summed E-state index contributed by atoms with van der Waals surface area (Å²) in [7, 11) is -0.514. The number of sulfonamides is 1. The van der Waals surface area contributed by atoms with Gasteiger partial charge in [0, 0.05) is 6.07 Å². The molecule has 2 aromatic rings. The van der Waals surface area contributed by atoms with Crippen molar-refractivity contribution in [3.63, 3.8) is 0 Å². The minimum Gasteiger partial charge on any atom is -0.493 e. The molecule has 0 aliphatic heterocycles. The van der Waals surface area contributed by atoms with Crippen LogP contribution in [0.1, 0.15) is 5.56 Å². The number of nitrogens with one attached hydrogen (secondary N) is 1. The zero-order valence-corrected chi connectivity index (χ0v) is 14.7. The van der Waals surface area contributed by atoms with Crippen LogP contribution in [0.25, 0.3) is 0 Å². The summed E-state index contributed by atoms with van der Waals surface area (Å²) >= 11 is 0. The highest BCUT2D eigenvalue weighted by Crippen LogP contribution is 2.33. The minimum absolute atomic E-state index is 0.0612. The molecule has 7 heteroatoms. The summed E-state index contributed by atoms with van der Waals surface area (Å²) in [5, 5.41) is 0. The third kappa shape index (κ3) is 4.79. The topological polar surface area (TPSA) is 73.9 Å². The fourth-order valence-corrected chi connectivity index (χ4v) is 3.05. The van der Waals surface area contributed by atoms with Crippen LogP contribution >= 0.6 is 0 Å². The Labute approximate surface area is 142 Å². The van der Waals surface area contributed by atoms with E-state index < -0.39 is 10.0 Å². The number of para-hydroxylation sites is 1. The van der Waals surface area contributed by atoms with Crippen LogP contribution in [-0.4, -0.2) is 35.0 Å². The Balaban J connectivity index is 2.03. The first-order valence-corrected chi connectivity index (χ1v) is 9.01. The van der Waals surface area contributed by atoms with Crippen LogP contribution in [-0.2, 0) is 10.0 Å². The normalized spacial score (nSPS) is 11.0. The molecule has 1 N–H and O–H groups in total. The monoisotopic (exact) mass is 351 g/mol. The number of anilines is 1. The maximum absolute atomic E-state index is 12.2. The molecule has 0 aromatic heterocycles. The largest absolute Gasteiger partial charge is 0.493 e. The van der Waals surface area contributed by atoms with Gasteiger partial charge in [-0.25, -0.2) is 8.42 Å². The fraction of sp³-hybridized carbons (Fsp3) is 0.294. The van der Waals surface area contributed by atoms with E-state index in [2.05, 4.69) is 4.72 Å². The molecular weight excluding hydrogens is 330 g/mol. The summed E-state index contributed by atoms with van der Waals surface area (Å²) in [4.78, 5) is 0. The SMILES string of the molecule is COc1cc(C)c(NS(=O)(=O)CCOc2ccccc2)cc1OC. The van der Waals surface area contributed by atoms with Crippen molar-refractivity contribution in [2.75, 3.05) is 31.3 Å². The van der Waals surface area contributed by atoms with Crippen molar-refractivity contribution in [3.05, 3.63) is 48.0 Å². The zero-order valence-electron chi connectivity index (χ0n) is 13.9. The molecule has 0 fully saturated rings. The third-order valence-corrected chi connectivity index (χ3v) is 4.60. The van der Waals surface area contributed by atoms with E-state index in [9.17, 15) is 8.42 Å². The van der Waals surface area contributed by atoms with E-state index in [1.807, 2.05) is 18.2 Å². The molecule has 0 aliphatic carbocycles. The van der Waals surface area contributed by atoms with Crippen LogP contribution in [0.15, 0.2) is 42.5 Å². The van der Waals surface area contributed by atoms with Crippen LogP contribution in [0.2, 0.25) is 0 Å². The number of hydrogen-bond donors (Lipinski definition) is 1. The summed E-state index contributed by atoms with van der Waals surface area (Å²) in [6.07, 6.45) is 0. The minimum atomic E-state index is -3.54. The van der Waals surface area contributed by atoms with Gasteiger partial charge in [-0.2, -0.15) is 0 Å². The second-order valence-corrected chi connectivity index (χ2v) is 6.95. The molecule has 24 heavy (non-hydrogen) atoms. The predicted molar refractivity (Wildman–Crippen MR) is 93.6 cm³/mol. The lowest BCUT2D eigenvalue weighted by Gasteiger charge is -2.14. The summed E-state index contributed by atoms with van der Waals surface area (Å²) < 4.78 is 42.8. The van der Waals surface area contributed by atoms with Crippen LogP contribution in [0.3, 0.4) is 0 Å². The Kier molecular flexibility index (Phi) is 5.92. The number of benzene rings is 2. The number of aryl methyl sites for hydroxylation is 1. The van der Waals surface area contributed by atoms with Crippen molar-refractivity contribution >= 4 is 15.7 Å². The molecule has 0 amide bonds. The standard InChI is InChI=1S/C17H21NO5S/c1-13-11-16(21-2)17(22-3)12-15(13)18-24(19,20)10-9-23-14-7-5-4-6-8-14/h4-8,11-12,18H,9-10H2,1-3H3. The number of methoxy groups -OCH3 is 2. The molecule has 0 saturated carbocycles. The molecule has 0 aliphatic rings. The molecule has 0 spiro atoms. The van der Waals surface area contributed by atoms with Crippen molar-refractivity contribution < 1.29 is 22.6 Å². The van der Waals surface area contributed by atoms with E-state index in [-0.39, 0.29) is 12.4 Å². The second kappa shape index (κ2) is 7.92. The van der Waals surface area contributed by atoms with Gasteiger partial charge >= 0.3 is 0 Å². The summed E-state index contributed by atoms with van der Waals surface area (Å²) in [5.41, 5.74) is 1.19. The van der Waals surface area contributed by atoms with Gasteiger partial charge in [0.25, 0.3) is 0 Å². The Morgan fingerprint density at radius 1 is 1.00 bits per heavy atom. The Morgan fingerprint density at radius 3 is 2.25 bits per heavy atom. The van der Waals surface area contributed by atoms with Gasteiger partial charge in [0.1, 0.15) is 18.1 Å². The summed E-state index contributed by atoms with van der Waals surface area (Å²) in [5.74, 6) is 1.48. The Bertz CT molecular complexity index is 775. The molecule has 0 heterocycles. The van der Waals surface area contributed by atoms with Gasteiger partial charge in [-0.15, -0.1) is 0 Å². The highest BCUT2D eigenvalue weighted by molar-refractivity contribution is 7.92. The molecule has 0 saturated heterocycles. The van der Waals surface area contributed by atoms with Crippen LogP contribution in [0, 0.1) is 6.92 Å². The van der Waals surface area contributed by atoms with Gasteiger partial charge < -0.3 is 14.2 Å². The maximum Gasteiger partial charge on any atom is 0.236 e. The van der Waals surface area contributed by atoms with E-state index in [1.54, 1.807) is 31.2 Å². The lowest BCUT2D eigenvalue weighted by Crippen LogP contribution is -2.21. The molecule has 2 rings (SSSR count). The van der Waals surface area contributed by atoms with Gasteiger partial charge in [-0.3, -0.25) is 4.72 Å². The van der Waals surface area contributed by atoms with Crippen LogP contribution in [0.4, 0.5) is 5.69 Å². The second-order valence-electron chi connectivity index (χ2n) is 5.10. The van der Waals surface area contributed by atoms with Crippen molar-refractivity contribution in [1.29, 1.82) is 0 Å². The Morgan fingerprint density at radius 2 is 1.62 bits per heavy atom. The van der Waals surface area contributed by atoms with Gasteiger partial charge in [0.2, 0.25) is 10.0 Å². The van der Waals surface area contributed by atoms with Gasteiger partial charge in [0.05, 0.1) is 19.9 Å². The molecular formula is C17H21NO5S.